The summed E-state index contributed by atoms with van der Waals surface area (Å²) < 4.78 is 10.8. The Labute approximate surface area is 165 Å². The van der Waals surface area contributed by atoms with Crippen molar-refractivity contribution in [3.63, 3.8) is 0 Å². The molecule has 0 radical (unpaired) electrons. The Kier molecular flexibility index (Phi) is 6.27. The van der Waals surface area contributed by atoms with Crippen LogP contribution in [0, 0.1) is 4.91 Å². The molecule has 2 amide bonds. The van der Waals surface area contributed by atoms with Crippen LogP contribution in [0.25, 0.3) is 0 Å². The fourth-order valence-corrected chi connectivity index (χ4v) is 3.66. The third-order valence-electron chi connectivity index (χ3n) is 4.33. The van der Waals surface area contributed by atoms with Gasteiger partial charge in [0, 0.05) is 0 Å². The summed E-state index contributed by atoms with van der Waals surface area (Å²) in [4.78, 5) is 34.5. The Hall–Kier alpha value is -2.91. The quantitative estimate of drug-likeness (QED) is 0.411. The Morgan fingerprint density at radius 2 is 1.75 bits per heavy atom. The zero-order chi connectivity index (χ0) is 20.1. The third kappa shape index (κ3) is 4.49. The molecule has 1 fully saturated rings. The van der Waals surface area contributed by atoms with E-state index in [1.807, 2.05) is 12.1 Å². The molecule has 1 heterocycles. The van der Waals surface area contributed by atoms with Crippen molar-refractivity contribution in [2.24, 2.45) is 11.0 Å². The third-order valence-corrected chi connectivity index (χ3v) is 5.38. The van der Waals surface area contributed by atoms with E-state index in [0.29, 0.717) is 22.9 Å². The van der Waals surface area contributed by atoms with Gasteiger partial charge in [0.05, 0.1) is 12.4 Å². The predicted molar refractivity (Wildman–Crippen MR) is 105 cm³/mol. The molecule has 0 aromatic heterocycles. The van der Waals surface area contributed by atoms with Crippen LogP contribution in [0.2, 0.25) is 0 Å². The van der Waals surface area contributed by atoms with Gasteiger partial charge in [-0.2, -0.15) is 4.91 Å². The van der Waals surface area contributed by atoms with Crippen LogP contribution in [0.15, 0.2) is 53.7 Å². The van der Waals surface area contributed by atoms with Crippen molar-refractivity contribution in [3.05, 3.63) is 64.6 Å². The van der Waals surface area contributed by atoms with Crippen molar-refractivity contribution in [2.45, 2.75) is 17.7 Å². The highest BCUT2D eigenvalue weighted by Gasteiger charge is 2.37. The van der Waals surface area contributed by atoms with Gasteiger partial charge in [-0.1, -0.05) is 29.4 Å². The number of thioether (sulfide) groups is 1. The van der Waals surface area contributed by atoms with Crippen LogP contribution < -0.4 is 15.3 Å². The lowest BCUT2D eigenvalue weighted by atomic mass is 10.1. The largest absolute Gasteiger partial charge is 0.497 e. The zero-order valence-electron chi connectivity index (χ0n) is 15.1. The van der Waals surface area contributed by atoms with Crippen LogP contribution >= 0.6 is 11.8 Å². The lowest BCUT2D eigenvalue weighted by molar-refractivity contribution is -0.126. The standard InChI is InChI=1S/C19H19N3O5S/c1-26-14-8-4-13(5-9-14)16(21-25)11-27-15-6-2-12(3-7-15)10-17-18(23)22(20)19(24)28-17/h2-9,16-17H,10-11,20H2,1H3/t16-,17?/m1/s1. The first kappa shape index (κ1) is 19.8. The summed E-state index contributed by atoms with van der Waals surface area (Å²) in [7, 11) is 1.57. The van der Waals surface area contributed by atoms with Gasteiger partial charge in [0.2, 0.25) is 0 Å². The number of carbonyl (C=O) groups is 2. The summed E-state index contributed by atoms with van der Waals surface area (Å²) in [6.07, 6.45) is 0.396. The SMILES string of the molecule is COc1ccc([C@@H](COc2ccc(CC3SC(=O)N(N)C3=O)cc2)N=O)cc1. The molecule has 1 aliphatic heterocycles. The number of methoxy groups -OCH3 is 1. The second-order valence-corrected chi connectivity index (χ2v) is 7.29. The molecule has 0 saturated carbocycles. The number of hydrazine groups is 1. The molecule has 8 nitrogen and oxygen atoms in total. The van der Waals surface area contributed by atoms with Crippen molar-refractivity contribution >= 4 is 22.9 Å². The van der Waals surface area contributed by atoms with Gasteiger partial charge in [0.1, 0.15) is 18.1 Å². The molecular formula is C19H19N3O5S. The smallest absolute Gasteiger partial charge is 0.303 e. The summed E-state index contributed by atoms with van der Waals surface area (Å²) in [5, 5.41) is 2.83. The number of benzene rings is 2. The van der Waals surface area contributed by atoms with Gasteiger partial charge in [-0.05, 0) is 53.6 Å². The number of carbonyl (C=O) groups excluding carboxylic acids is 2. The van der Waals surface area contributed by atoms with E-state index in [1.54, 1.807) is 43.5 Å². The number of nitroso groups, excluding NO2 is 1. The van der Waals surface area contributed by atoms with Gasteiger partial charge in [-0.15, -0.1) is 0 Å². The number of nitrogens with zero attached hydrogens (tertiary/aromatic N) is 2. The molecule has 1 aliphatic rings. The molecule has 0 bridgehead atoms. The zero-order valence-corrected chi connectivity index (χ0v) is 15.9. The maximum Gasteiger partial charge on any atom is 0.303 e. The van der Waals surface area contributed by atoms with Crippen LogP contribution in [0.3, 0.4) is 0 Å². The van der Waals surface area contributed by atoms with Crippen LogP contribution in [0.5, 0.6) is 11.5 Å². The molecule has 1 unspecified atom stereocenters. The topological polar surface area (TPSA) is 111 Å². The number of nitrogens with two attached hydrogens (primary N) is 1. The molecule has 2 aromatic carbocycles. The van der Waals surface area contributed by atoms with Crippen LogP contribution in [0.4, 0.5) is 4.79 Å². The average Bonchev–Trinajstić information content (AvgIpc) is 2.96. The number of rotatable bonds is 8. The van der Waals surface area contributed by atoms with E-state index in [0.717, 1.165) is 22.9 Å². The van der Waals surface area contributed by atoms with Crippen molar-refractivity contribution in [3.8, 4) is 11.5 Å². The minimum atomic E-state index is -0.639. The molecule has 1 saturated heterocycles. The minimum Gasteiger partial charge on any atom is -0.497 e. The highest BCUT2D eigenvalue weighted by molar-refractivity contribution is 8.15. The number of hydrogen-bond donors (Lipinski definition) is 1. The first-order valence-electron chi connectivity index (χ1n) is 8.49. The van der Waals surface area contributed by atoms with E-state index in [2.05, 4.69) is 5.18 Å². The fraction of sp³-hybridized carbons (Fsp3) is 0.263. The number of hydrogen-bond acceptors (Lipinski definition) is 8. The van der Waals surface area contributed by atoms with Gasteiger partial charge >= 0.3 is 5.24 Å². The number of amides is 2. The second-order valence-electron chi connectivity index (χ2n) is 6.13. The van der Waals surface area contributed by atoms with Gasteiger partial charge in [-0.25, -0.2) is 10.9 Å². The van der Waals surface area contributed by atoms with E-state index in [-0.39, 0.29) is 6.61 Å². The van der Waals surface area contributed by atoms with Gasteiger partial charge in [-0.3, -0.25) is 9.59 Å². The predicted octanol–water partition coefficient (Wildman–Crippen LogP) is 3.06. The summed E-state index contributed by atoms with van der Waals surface area (Å²) in [5.41, 5.74) is 1.61. The summed E-state index contributed by atoms with van der Waals surface area (Å²) in [6, 6.07) is 13.5. The Bertz CT molecular complexity index is 857. The second kappa shape index (κ2) is 8.85. The summed E-state index contributed by atoms with van der Waals surface area (Å²) >= 11 is 0.923. The molecule has 0 spiro atoms. The normalized spacial score (nSPS) is 17.5. The van der Waals surface area contributed by atoms with Crippen LogP contribution in [-0.2, 0) is 11.2 Å². The highest BCUT2D eigenvalue weighted by atomic mass is 32.2. The first-order chi connectivity index (χ1) is 13.5. The van der Waals surface area contributed by atoms with Crippen molar-refractivity contribution in [2.75, 3.05) is 13.7 Å². The minimum absolute atomic E-state index is 0.1000. The molecular weight excluding hydrogens is 382 g/mol. The molecule has 2 atom stereocenters. The Morgan fingerprint density at radius 1 is 1.11 bits per heavy atom. The Morgan fingerprint density at radius 3 is 2.29 bits per heavy atom. The van der Waals surface area contributed by atoms with Gasteiger partial charge in [0.25, 0.3) is 5.91 Å². The van der Waals surface area contributed by atoms with E-state index in [1.165, 1.54) is 0 Å². The van der Waals surface area contributed by atoms with Crippen molar-refractivity contribution in [1.82, 2.24) is 5.01 Å². The maximum atomic E-state index is 11.9. The van der Waals surface area contributed by atoms with E-state index in [9.17, 15) is 14.5 Å². The van der Waals surface area contributed by atoms with Gasteiger partial charge < -0.3 is 9.47 Å². The molecule has 3 rings (SSSR count). The van der Waals surface area contributed by atoms with Crippen molar-refractivity contribution < 1.29 is 19.1 Å². The lowest BCUT2D eigenvalue weighted by Crippen LogP contribution is -2.37. The van der Waals surface area contributed by atoms with E-state index >= 15 is 0 Å². The van der Waals surface area contributed by atoms with Gasteiger partial charge in [0.15, 0.2) is 6.04 Å². The molecule has 0 aliphatic carbocycles. The molecule has 2 N–H and O–H groups in total. The summed E-state index contributed by atoms with van der Waals surface area (Å²) in [6.45, 7) is 0.1000. The number of imide groups is 1. The molecule has 146 valence electrons. The molecule has 9 heteroatoms. The maximum absolute atomic E-state index is 11.9. The Balaban J connectivity index is 1.57. The van der Waals surface area contributed by atoms with Crippen LogP contribution in [0.1, 0.15) is 17.2 Å². The molecule has 2 aromatic rings. The molecule has 28 heavy (non-hydrogen) atoms. The lowest BCUT2D eigenvalue weighted by Gasteiger charge is -2.13. The fourth-order valence-electron chi connectivity index (χ4n) is 2.73. The first-order valence-corrected chi connectivity index (χ1v) is 9.37. The monoisotopic (exact) mass is 401 g/mol. The van der Waals surface area contributed by atoms with Crippen LogP contribution in [-0.4, -0.2) is 35.1 Å². The van der Waals surface area contributed by atoms with E-state index in [4.69, 9.17) is 15.3 Å². The summed E-state index contributed by atoms with van der Waals surface area (Å²) in [5.74, 6) is 6.27. The van der Waals surface area contributed by atoms with E-state index < -0.39 is 22.4 Å². The average molecular weight is 401 g/mol. The number of ether oxygens (including phenoxy) is 2. The van der Waals surface area contributed by atoms with Crippen molar-refractivity contribution in [1.29, 1.82) is 0 Å². The highest BCUT2D eigenvalue weighted by Crippen LogP contribution is 2.28.